The molecule has 1 aromatic carbocycles. The molecule has 1 N–H and O–H groups in total. The van der Waals surface area contributed by atoms with Gasteiger partial charge in [0, 0.05) is 30.9 Å². The second-order valence-electron chi connectivity index (χ2n) is 6.31. The Morgan fingerprint density at radius 1 is 1.30 bits per heavy atom. The molecule has 20 heavy (non-hydrogen) atoms. The Balaban J connectivity index is 2.12. The van der Waals surface area contributed by atoms with Crippen molar-refractivity contribution in [1.29, 1.82) is 0 Å². The van der Waals surface area contributed by atoms with Gasteiger partial charge >= 0.3 is 0 Å². The molecule has 1 aromatic rings. The maximum Gasteiger partial charge on any atom is 0.129 e. The number of benzene rings is 1. The first kappa shape index (κ1) is 15.3. The summed E-state index contributed by atoms with van der Waals surface area (Å²) >= 11 is 0. The van der Waals surface area contributed by atoms with Crippen LogP contribution in [0, 0.1) is 11.7 Å². The molecule has 0 amide bonds. The lowest BCUT2D eigenvalue weighted by atomic mass is 10.1. The fourth-order valence-electron chi connectivity index (χ4n) is 3.03. The van der Waals surface area contributed by atoms with E-state index in [0.717, 1.165) is 17.8 Å². The van der Waals surface area contributed by atoms with E-state index in [1.165, 1.54) is 25.7 Å². The van der Waals surface area contributed by atoms with Gasteiger partial charge in [-0.05, 0) is 37.4 Å². The van der Waals surface area contributed by atoms with Gasteiger partial charge < -0.3 is 10.2 Å². The van der Waals surface area contributed by atoms with Gasteiger partial charge in [-0.2, -0.15) is 0 Å². The molecule has 1 saturated carbocycles. The second kappa shape index (κ2) is 7.07. The smallest absolute Gasteiger partial charge is 0.129 e. The molecule has 1 fully saturated rings. The van der Waals surface area contributed by atoms with Gasteiger partial charge in [-0.15, -0.1) is 0 Å². The third-order valence-electron chi connectivity index (χ3n) is 4.20. The van der Waals surface area contributed by atoms with Crippen molar-refractivity contribution in [3.05, 3.63) is 29.6 Å². The van der Waals surface area contributed by atoms with Crippen LogP contribution in [0.2, 0.25) is 0 Å². The highest BCUT2D eigenvalue weighted by molar-refractivity contribution is 5.54. The molecule has 0 saturated heterocycles. The van der Waals surface area contributed by atoms with Crippen LogP contribution in [0.25, 0.3) is 0 Å². The summed E-state index contributed by atoms with van der Waals surface area (Å²) in [5.74, 6) is 0.487. The first-order valence-corrected chi connectivity index (χ1v) is 7.80. The largest absolute Gasteiger partial charge is 0.371 e. The van der Waals surface area contributed by atoms with E-state index in [9.17, 15) is 4.39 Å². The Kier molecular flexibility index (Phi) is 5.41. The first-order chi connectivity index (χ1) is 9.59. The van der Waals surface area contributed by atoms with Gasteiger partial charge in [-0.1, -0.05) is 32.8 Å². The Labute approximate surface area is 122 Å². The van der Waals surface area contributed by atoms with Gasteiger partial charge in [0.2, 0.25) is 0 Å². The molecule has 0 atom stereocenters. The molecular formula is C17H27FN2. The highest BCUT2D eigenvalue weighted by Crippen LogP contribution is 2.30. The van der Waals surface area contributed by atoms with Crippen molar-refractivity contribution >= 4 is 5.69 Å². The van der Waals surface area contributed by atoms with E-state index in [0.29, 0.717) is 18.5 Å². The van der Waals surface area contributed by atoms with Crippen LogP contribution in [-0.2, 0) is 6.54 Å². The van der Waals surface area contributed by atoms with Gasteiger partial charge in [-0.3, -0.25) is 0 Å². The number of halogens is 1. The number of nitrogens with one attached hydrogen (secondary N) is 1. The van der Waals surface area contributed by atoms with Crippen molar-refractivity contribution in [1.82, 2.24) is 5.32 Å². The van der Waals surface area contributed by atoms with Crippen LogP contribution >= 0.6 is 0 Å². The molecule has 0 unspecified atom stereocenters. The Morgan fingerprint density at radius 3 is 2.65 bits per heavy atom. The van der Waals surface area contributed by atoms with E-state index in [1.807, 2.05) is 12.1 Å². The highest BCUT2D eigenvalue weighted by atomic mass is 19.1. The molecule has 112 valence electrons. The van der Waals surface area contributed by atoms with Crippen LogP contribution in [0.5, 0.6) is 0 Å². The van der Waals surface area contributed by atoms with Gasteiger partial charge in [0.15, 0.2) is 0 Å². The summed E-state index contributed by atoms with van der Waals surface area (Å²) in [7, 11) is 2.11. The van der Waals surface area contributed by atoms with Crippen LogP contribution in [0.3, 0.4) is 0 Å². The summed E-state index contributed by atoms with van der Waals surface area (Å²) in [5, 5.41) is 3.36. The Hall–Kier alpha value is -1.09. The quantitative estimate of drug-likeness (QED) is 0.847. The zero-order valence-corrected chi connectivity index (χ0v) is 13.0. The van der Waals surface area contributed by atoms with E-state index < -0.39 is 0 Å². The van der Waals surface area contributed by atoms with E-state index in [-0.39, 0.29) is 5.82 Å². The third kappa shape index (κ3) is 3.72. The normalized spacial score (nSPS) is 16.1. The maximum absolute atomic E-state index is 14.2. The minimum absolute atomic E-state index is 0.0939. The molecule has 0 bridgehead atoms. The van der Waals surface area contributed by atoms with Crippen LogP contribution in [0.4, 0.5) is 10.1 Å². The first-order valence-electron chi connectivity index (χ1n) is 7.80. The second-order valence-corrected chi connectivity index (χ2v) is 6.31. The molecule has 0 spiro atoms. The molecule has 3 heteroatoms. The number of hydrogen-bond acceptors (Lipinski definition) is 2. The van der Waals surface area contributed by atoms with Crippen molar-refractivity contribution in [2.45, 2.75) is 52.1 Å². The minimum atomic E-state index is -0.0939. The fourth-order valence-corrected chi connectivity index (χ4v) is 3.03. The molecule has 0 aromatic heterocycles. The lowest BCUT2D eigenvalue weighted by Crippen LogP contribution is -2.31. The summed E-state index contributed by atoms with van der Waals surface area (Å²) in [6.45, 7) is 5.86. The van der Waals surface area contributed by atoms with E-state index >= 15 is 0 Å². The van der Waals surface area contributed by atoms with Gasteiger partial charge in [0.05, 0.1) is 0 Å². The monoisotopic (exact) mass is 278 g/mol. The van der Waals surface area contributed by atoms with Crippen LogP contribution in [-0.4, -0.2) is 19.6 Å². The van der Waals surface area contributed by atoms with Gasteiger partial charge in [0.1, 0.15) is 5.82 Å². The SMILES string of the molecule is CC(C)CNCc1c(F)cccc1N(C)C1CCCC1. The molecule has 0 aliphatic heterocycles. The lowest BCUT2D eigenvalue weighted by Gasteiger charge is -2.29. The van der Waals surface area contributed by atoms with Crippen LogP contribution in [0.1, 0.15) is 45.1 Å². The average Bonchev–Trinajstić information content (AvgIpc) is 2.93. The minimum Gasteiger partial charge on any atom is -0.371 e. The van der Waals surface area contributed by atoms with Crippen LogP contribution in [0.15, 0.2) is 18.2 Å². The average molecular weight is 278 g/mol. The molecule has 0 heterocycles. The topological polar surface area (TPSA) is 15.3 Å². The van der Waals surface area contributed by atoms with E-state index in [4.69, 9.17) is 0 Å². The van der Waals surface area contributed by atoms with Crippen molar-refractivity contribution in [2.24, 2.45) is 5.92 Å². The molecule has 1 aliphatic carbocycles. The lowest BCUT2D eigenvalue weighted by molar-refractivity contribution is 0.532. The predicted molar refractivity (Wildman–Crippen MR) is 83.6 cm³/mol. The van der Waals surface area contributed by atoms with Crippen molar-refractivity contribution < 1.29 is 4.39 Å². The Morgan fingerprint density at radius 2 is 2.00 bits per heavy atom. The van der Waals surface area contributed by atoms with E-state index in [1.54, 1.807) is 6.07 Å². The molecule has 2 nitrogen and oxygen atoms in total. The number of rotatable bonds is 6. The zero-order valence-electron chi connectivity index (χ0n) is 13.0. The van der Waals surface area contributed by atoms with E-state index in [2.05, 4.69) is 31.1 Å². The summed E-state index contributed by atoms with van der Waals surface area (Å²) in [6, 6.07) is 6.01. The summed E-state index contributed by atoms with van der Waals surface area (Å²) in [5.41, 5.74) is 1.86. The number of hydrogen-bond donors (Lipinski definition) is 1. The molecule has 0 radical (unpaired) electrons. The third-order valence-corrected chi connectivity index (χ3v) is 4.20. The standard InChI is InChI=1S/C17H27FN2/c1-13(2)11-19-12-15-16(18)9-6-10-17(15)20(3)14-7-4-5-8-14/h6,9-10,13-14,19H,4-5,7-8,11-12H2,1-3H3. The van der Waals surface area contributed by atoms with Gasteiger partial charge in [-0.25, -0.2) is 4.39 Å². The van der Waals surface area contributed by atoms with Crippen molar-refractivity contribution in [2.75, 3.05) is 18.5 Å². The summed E-state index contributed by atoms with van der Waals surface area (Å²) < 4.78 is 14.2. The van der Waals surface area contributed by atoms with Crippen molar-refractivity contribution in [3.8, 4) is 0 Å². The summed E-state index contributed by atoms with van der Waals surface area (Å²) in [6.07, 6.45) is 5.05. The maximum atomic E-state index is 14.2. The van der Waals surface area contributed by atoms with Gasteiger partial charge in [0.25, 0.3) is 0 Å². The molecule has 2 rings (SSSR count). The molecular weight excluding hydrogens is 251 g/mol. The zero-order chi connectivity index (χ0) is 14.5. The highest BCUT2D eigenvalue weighted by Gasteiger charge is 2.22. The fraction of sp³-hybridized carbons (Fsp3) is 0.647. The number of anilines is 1. The molecule has 1 aliphatic rings. The predicted octanol–water partition coefficient (Wildman–Crippen LogP) is 3.95. The Bertz CT molecular complexity index is 425. The van der Waals surface area contributed by atoms with Crippen LogP contribution < -0.4 is 10.2 Å². The number of nitrogens with zero attached hydrogens (tertiary/aromatic N) is 1. The summed E-state index contributed by atoms with van der Waals surface area (Å²) in [4.78, 5) is 2.28. The van der Waals surface area contributed by atoms with Crippen molar-refractivity contribution in [3.63, 3.8) is 0 Å².